The Hall–Kier alpha value is -2.49. The Labute approximate surface area is 157 Å². The number of benzene rings is 1. The fourth-order valence-corrected chi connectivity index (χ4v) is 3.98. The first-order chi connectivity index (χ1) is 12.6. The minimum absolute atomic E-state index is 0.177. The van der Waals surface area contributed by atoms with E-state index in [-0.39, 0.29) is 6.10 Å². The lowest BCUT2D eigenvalue weighted by Gasteiger charge is -2.30. The topological polar surface area (TPSA) is 46.3 Å². The van der Waals surface area contributed by atoms with Crippen molar-refractivity contribution in [2.24, 2.45) is 0 Å². The minimum atomic E-state index is -0.177. The predicted molar refractivity (Wildman–Crippen MR) is 106 cm³/mol. The van der Waals surface area contributed by atoms with Gasteiger partial charge in [-0.1, -0.05) is 6.07 Å². The molecule has 1 fully saturated rings. The fourth-order valence-electron chi connectivity index (χ4n) is 2.99. The monoisotopic (exact) mass is 370 g/mol. The Morgan fingerprint density at radius 2 is 1.92 bits per heavy atom. The molecule has 1 aliphatic heterocycles. The van der Waals surface area contributed by atoms with Crippen LogP contribution in [0, 0.1) is 6.57 Å². The van der Waals surface area contributed by atoms with E-state index in [0.717, 1.165) is 36.4 Å². The molecular weight excluding hydrogens is 348 g/mol. The molecule has 1 saturated heterocycles. The number of aliphatic hydroxyl groups is 1. The van der Waals surface area contributed by atoms with E-state index in [2.05, 4.69) is 15.8 Å². The number of aliphatic hydroxyl groups excluding tert-OH is 1. The van der Waals surface area contributed by atoms with Crippen LogP contribution in [0.1, 0.15) is 23.3 Å². The normalized spacial score (nSPS) is 15.6. The predicted octanol–water partition coefficient (Wildman–Crippen LogP) is 4.14. The molecule has 0 bridgehead atoms. The number of piperidine rings is 1. The van der Waals surface area contributed by atoms with Crippen LogP contribution in [-0.2, 0) is 0 Å². The molecule has 2 aromatic rings. The van der Waals surface area contributed by atoms with Crippen LogP contribution in [0.25, 0.3) is 16.6 Å². The Balaban J connectivity index is 1.83. The maximum Gasteiger partial charge on any atom is 0.195 e. The minimum Gasteiger partial charge on any atom is -0.493 e. The zero-order valence-corrected chi connectivity index (χ0v) is 15.8. The van der Waals surface area contributed by atoms with E-state index in [1.807, 2.05) is 30.3 Å². The molecule has 3 rings (SSSR count). The summed E-state index contributed by atoms with van der Waals surface area (Å²) in [6.45, 7) is 9.29. The number of thiophene rings is 1. The third-order valence-electron chi connectivity index (χ3n) is 4.47. The maximum atomic E-state index is 9.65. The van der Waals surface area contributed by atoms with E-state index in [9.17, 15) is 5.11 Å². The van der Waals surface area contributed by atoms with Crippen LogP contribution in [0.2, 0.25) is 0 Å². The van der Waals surface area contributed by atoms with E-state index in [1.54, 1.807) is 25.6 Å². The number of nitrogens with zero attached hydrogens (tertiary/aromatic N) is 2. The SMILES string of the molecule is [C-]#[N+]C(=Cc1ccc(N2CCC(O)CC2)s1)c1ccc(OC)c(OC)c1. The third kappa shape index (κ3) is 4.01. The second-order valence-corrected chi connectivity index (χ2v) is 7.20. The van der Waals surface area contributed by atoms with E-state index in [1.165, 1.54) is 5.00 Å². The van der Waals surface area contributed by atoms with E-state index >= 15 is 0 Å². The van der Waals surface area contributed by atoms with Crippen LogP contribution >= 0.6 is 11.3 Å². The molecule has 0 radical (unpaired) electrons. The Morgan fingerprint density at radius 1 is 1.19 bits per heavy atom. The second-order valence-electron chi connectivity index (χ2n) is 6.11. The van der Waals surface area contributed by atoms with Crippen molar-refractivity contribution in [2.75, 3.05) is 32.2 Å². The summed E-state index contributed by atoms with van der Waals surface area (Å²) in [5.41, 5.74) is 1.36. The number of methoxy groups -OCH3 is 2. The standard InChI is InChI=1S/C20H22N2O3S/c1-21-17(14-4-6-18(24-2)19(12-14)25-3)13-16-5-7-20(26-16)22-10-8-15(23)9-11-22/h4-7,12-13,15,23H,8-11H2,2-3H3. The van der Waals surface area contributed by atoms with E-state index in [0.29, 0.717) is 17.2 Å². The third-order valence-corrected chi connectivity index (χ3v) is 5.56. The van der Waals surface area contributed by atoms with Crippen LogP contribution in [0.5, 0.6) is 11.5 Å². The van der Waals surface area contributed by atoms with Gasteiger partial charge in [0.25, 0.3) is 0 Å². The summed E-state index contributed by atoms with van der Waals surface area (Å²) in [4.78, 5) is 7.02. The Bertz CT molecular complexity index is 830. The summed E-state index contributed by atoms with van der Waals surface area (Å²) in [7, 11) is 3.18. The highest BCUT2D eigenvalue weighted by Crippen LogP contribution is 2.34. The Morgan fingerprint density at radius 3 is 2.58 bits per heavy atom. The van der Waals surface area contributed by atoms with Gasteiger partial charge in [0.1, 0.15) is 0 Å². The van der Waals surface area contributed by atoms with Crippen molar-refractivity contribution in [3.05, 3.63) is 52.2 Å². The lowest BCUT2D eigenvalue weighted by Crippen LogP contribution is -2.35. The van der Waals surface area contributed by atoms with E-state index < -0.39 is 0 Å². The van der Waals surface area contributed by atoms with Gasteiger partial charge in [0, 0.05) is 18.0 Å². The van der Waals surface area contributed by atoms with Gasteiger partial charge in [0.2, 0.25) is 0 Å². The largest absolute Gasteiger partial charge is 0.493 e. The second kappa shape index (κ2) is 8.26. The molecule has 6 heteroatoms. The highest BCUT2D eigenvalue weighted by Gasteiger charge is 2.18. The first kappa shape index (κ1) is 18.3. The molecule has 0 spiro atoms. The number of rotatable bonds is 5. The zero-order valence-electron chi connectivity index (χ0n) is 14.9. The van der Waals surface area contributed by atoms with Gasteiger partial charge >= 0.3 is 0 Å². The molecule has 1 aromatic heterocycles. The molecule has 0 aliphatic carbocycles. The van der Waals surface area contributed by atoms with Crippen molar-refractivity contribution in [1.29, 1.82) is 0 Å². The van der Waals surface area contributed by atoms with Gasteiger partial charge in [-0.05, 0) is 48.7 Å². The average Bonchev–Trinajstić information content (AvgIpc) is 3.14. The van der Waals surface area contributed by atoms with Crippen molar-refractivity contribution in [2.45, 2.75) is 18.9 Å². The smallest absolute Gasteiger partial charge is 0.195 e. The molecular formula is C20H22N2O3S. The molecule has 1 aliphatic rings. The highest BCUT2D eigenvalue weighted by molar-refractivity contribution is 7.17. The molecule has 0 atom stereocenters. The van der Waals surface area contributed by atoms with Gasteiger partial charge in [0.05, 0.1) is 31.9 Å². The van der Waals surface area contributed by atoms with Crippen LogP contribution in [0.4, 0.5) is 5.00 Å². The summed E-state index contributed by atoms with van der Waals surface area (Å²) >= 11 is 1.67. The quantitative estimate of drug-likeness (QED) is 0.804. The molecule has 1 N–H and O–H groups in total. The van der Waals surface area contributed by atoms with Gasteiger partial charge in [-0.2, -0.15) is 0 Å². The van der Waals surface area contributed by atoms with Gasteiger partial charge < -0.3 is 19.5 Å². The van der Waals surface area contributed by atoms with Crippen molar-refractivity contribution in [3.8, 4) is 11.5 Å². The highest BCUT2D eigenvalue weighted by atomic mass is 32.1. The first-order valence-corrected chi connectivity index (χ1v) is 9.30. The van der Waals surface area contributed by atoms with Gasteiger partial charge in [-0.3, -0.25) is 0 Å². The van der Waals surface area contributed by atoms with Crippen molar-refractivity contribution < 1.29 is 14.6 Å². The molecule has 26 heavy (non-hydrogen) atoms. The van der Waals surface area contributed by atoms with E-state index in [4.69, 9.17) is 16.0 Å². The van der Waals surface area contributed by atoms with Crippen LogP contribution in [0.15, 0.2) is 30.3 Å². The fraction of sp³-hybridized carbons (Fsp3) is 0.350. The zero-order chi connectivity index (χ0) is 18.5. The summed E-state index contributed by atoms with van der Waals surface area (Å²) in [5.74, 6) is 1.25. The van der Waals surface area contributed by atoms with Crippen molar-refractivity contribution in [3.63, 3.8) is 0 Å². The molecule has 5 nitrogen and oxygen atoms in total. The lowest BCUT2D eigenvalue weighted by atomic mass is 10.1. The summed E-state index contributed by atoms with van der Waals surface area (Å²) in [5, 5.41) is 10.8. The Kier molecular flexibility index (Phi) is 5.82. The van der Waals surface area contributed by atoms with Crippen LogP contribution in [-0.4, -0.2) is 38.5 Å². The molecule has 136 valence electrons. The van der Waals surface area contributed by atoms with Crippen molar-refractivity contribution in [1.82, 2.24) is 0 Å². The lowest BCUT2D eigenvalue weighted by molar-refractivity contribution is 0.145. The molecule has 1 aromatic carbocycles. The van der Waals surface area contributed by atoms with Gasteiger partial charge in [-0.15, -0.1) is 11.3 Å². The van der Waals surface area contributed by atoms with Gasteiger partial charge in [-0.25, -0.2) is 4.85 Å². The number of hydrogen-bond acceptors (Lipinski definition) is 5. The van der Waals surface area contributed by atoms with Crippen molar-refractivity contribution >= 4 is 28.1 Å². The van der Waals surface area contributed by atoms with Gasteiger partial charge in [0.15, 0.2) is 17.2 Å². The summed E-state index contributed by atoms with van der Waals surface area (Å²) < 4.78 is 10.6. The molecule has 0 unspecified atom stereocenters. The summed E-state index contributed by atoms with van der Waals surface area (Å²) in [6.07, 6.45) is 3.34. The van der Waals surface area contributed by atoms with Crippen LogP contribution in [0.3, 0.4) is 0 Å². The maximum absolute atomic E-state index is 9.65. The average molecular weight is 370 g/mol. The number of anilines is 1. The molecule has 0 saturated carbocycles. The molecule has 2 heterocycles. The number of ether oxygens (including phenoxy) is 2. The summed E-state index contributed by atoms with van der Waals surface area (Å²) in [6, 6.07) is 9.63. The number of hydrogen-bond donors (Lipinski definition) is 1. The van der Waals surface area contributed by atoms with Crippen LogP contribution < -0.4 is 14.4 Å². The molecule has 0 amide bonds. The first-order valence-electron chi connectivity index (χ1n) is 8.49.